The number of benzene rings is 1. The predicted molar refractivity (Wildman–Crippen MR) is 45.6 cm³/mol. The lowest BCUT2D eigenvalue weighted by atomic mass is 10.2. The third-order valence-electron chi connectivity index (χ3n) is 1.64. The van der Waals surface area contributed by atoms with Gasteiger partial charge in [-0.05, 0) is 5.56 Å². The maximum Gasteiger partial charge on any atom is 0.404 e. The van der Waals surface area contributed by atoms with Crippen LogP contribution >= 0.6 is 0 Å². The predicted octanol–water partition coefficient (Wildman–Crippen LogP) is 0.523. The molecule has 0 aromatic heterocycles. The van der Waals surface area contributed by atoms with Gasteiger partial charge in [0.1, 0.15) is 0 Å². The Bertz CT molecular complexity index is 191. The van der Waals surface area contributed by atoms with Gasteiger partial charge in [0.15, 0.2) is 0 Å². The third kappa shape index (κ3) is 1.97. The molecule has 0 atom stereocenters. The van der Waals surface area contributed by atoms with Gasteiger partial charge in [0.05, 0.1) is 0 Å². The third-order valence-corrected chi connectivity index (χ3v) is 2.89. The van der Waals surface area contributed by atoms with Gasteiger partial charge in [-0.3, -0.25) is 0 Å². The summed E-state index contributed by atoms with van der Waals surface area (Å²) in [7, 11) is 0. The second kappa shape index (κ2) is 3.96. The Morgan fingerprint density at radius 1 is 1.50 bits per heavy atom. The summed E-state index contributed by atoms with van der Waals surface area (Å²) in [6.45, 7) is 0.669. The molecule has 0 saturated heterocycles. The van der Waals surface area contributed by atoms with Crippen molar-refractivity contribution in [2.45, 2.75) is 11.6 Å². The Balaban J connectivity index is 2.87. The van der Waals surface area contributed by atoms with Gasteiger partial charge in [0.25, 0.3) is 0 Å². The van der Waals surface area contributed by atoms with Gasteiger partial charge in [-0.1, -0.05) is 24.3 Å². The first-order valence-electron chi connectivity index (χ1n) is 3.64. The highest BCUT2D eigenvalue weighted by atomic mass is 24.5. The first-order chi connectivity index (χ1) is 4.86. The summed E-state index contributed by atoms with van der Waals surface area (Å²) in [5.41, 5.74) is 6.75. The molecule has 2 N–H and O–H groups in total. The largest absolute Gasteiger partial charge is 0.404 e. The van der Waals surface area contributed by atoms with Crippen molar-refractivity contribution in [1.82, 2.24) is 0 Å². The van der Waals surface area contributed by atoms with Crippen molar-refractivity contribution in [2.75, 3.05) is 0 Å². The van der Waals surface area contributed by atoms with Crippen LogP contribution in [0.1, 0.15) is 5.56 Å². The molecule has 2 heteroatoms. The quantitative estimate of drug-likeness (QED) is 0.604. The molecule has 0 aliphatic carbocycles. The first-order valence-corrected chi connectivity index (χ1v) is 5.77. The number of hydrogen-bond donors (Lipinski definition) is 1. The molecule has 10 heavy (non-hydrogen) atoms. The van der Waals surface area contributed by atoms with Crippen molar-refractivity contribution in [3.8, 4) is 0 Å². The van der Waals surface area contributed by atoms with Crippen LogP contribution in [-0.4, -0.2) is 20.4 Å². The van der Waals surface area contributed by atoms with Crippen LogP contribution in [0.15, 0.2) is 24.3 Å². The van der Waals surface area contributed by atoms with E-state index in [0.717, 1.165) is 0 Å². The Morgan fingerprint density at radius 2 is 2.30 bits per heavy atom. The van der Waals surface area contributed by atoms with Crippen LogP contribution in [0.3, 0.4) is 0 Å². The lowest BCUT2D eigenvalue weighted by molar-refractivity contribution is 1.07. The monoisotopic (exact) mass is 145 g/mol. The average Bonchev–Trinajstić information content (AvgIpc) is 2.05. The molecule has 0 fully saturated rings. The van der Waals surface area contributed by atoms with Gasteiger partial charge in [-0.2, -0.15) is 3.69 Å². The second-order valence-electron chi connectivity index (χ2n) is 2.38. The highest BCUT2D eigenvalue weighted by Crippen LogP contribution is 1.93. The van der Waals surface area contributed by atoms with Gasteiger partial charge >= 0.3 is 20.4 Å². The highest BCUT2D eigenvalue weighted by Gasteiger charge is 1.92. The topological polar surface area (TPSA) is 26.0 Å². The van der Waals surface area contributed by atoms with Crippen molar-refractivity contribution in [3.05, 3.63) is 29.8 Å². The van der Waals surface area contributed by atoms with Crippen molar-refractivity contribution in [2.24, 2.45) is 5.73 Å². The lowest BCUT2D eigenvalue weighted by Crippen LogP contribution is -2.11. The number of nitrogens with two attached hydrogens (primary N) is 1. The molecule has 0 aliphatic rings. The normalized spacial score (nSPS) is 9.00. The SMILES string of the molecule is [CH3][Mg][c]1cccc(CN)c1. The van der Waals surface area contributed by atoms with Gasteiger partial charge in [0, 0.05) is 6.54 Å². The van der Waals surface area contributed by atoms with Gasteiger partial charge in [0.2, 0.25) is 0 Å². The van der Waals surface area contributed by atoms with E-state index in [1.807, 2.05) is 0 Å². The molecule has 1 rings (SSSR count). The van der Waals surface area contributed by atoms with Gasteiger partial charge < -0.3 is 5.73 Å². The summed E-state index contributed by atoms with van der Waals surface area (Å²) >= 11 is 0.00500. The molecular weight excluding hydrogens is 134 g/mol. The fourth-order valence-electron chi connectivity index (χ4n) is 0.977. The van der Waals surface area contributed by atoms with E-state index in [-0.39, 0.29) is 20.4 Å². The Labute approximate surface area is 71.3 Å². The molecule has 1 aromatic carbocycles. The summed E-state index contributed by atoms with van der Waals surface area (Å²) in [5.74, 6) is 0. The van der Waals surface area contributed by atoms with Crippen LogP contribution in [0.5, 0.6) is 0 Å². The van der Waals surface area contributed by atoms with Crippen LogP contribution in [0.4, 0.5) is 0 Å². The minimum Gasteiger partial charge on any atom is -0.326 e. The zero-order chi connectivity index (χ0) is 7.40. The van der Waals surface area contributed by atoms with E-state index in [0.29, 0.717) is 6.54 Å². The lowest BCUT2D eigenvalue weighted by Gasteiger charge is -1.98. The van der Waals surface area contributed by atoms with E-state index in [9.17, 15) is 0 Å². The summed E-state index contributed by atoms with van der Waals surface area (Å²) in [6.07, 6.45) is 0. The van der Waals surface area contributed by atoms with E-state index in [1.165, 1.54) is 9.26 Å². The maximum atomic E-state index is 5.49. The van der Waals surface area contributed by atoms with E-state index < -0.39 is 0 Å². The first kappa shape index (κ1) is 8.05. The fraction of sp³-hybridized carbons (Fsp3) is 0.250. The summed E-state index contributed by atoms with van der Waals surface area (Å²) in [4.78, 5) is 0. The smallest absolute Gasteiger partial charge is 0.326 e. The molecule has 0 unspecified atom stereocenters. The van der Waals surface area contributed by atoms with Crippen LogP contribution in [0.25, 0.3) is 0 Å². The molecule has 0 saturated carbocycles. The molecule has 0 bridgehead atoms. The molecule has 50 valence electrons. The molecule has 1 aromatic rings. The van der Waals surface area contributed by atoms with Crippen molar-refractivity contribution >= 4 is 24.1 Å². The molecule has 1 nitrogen and oxygen atoms in total. The van der Waals surface area contributed by atoms with E-state index >= 15 is 0 Å². The summed E-state index contributed by atoms with van der Waals surface area (Å²) in [5, 5.41) is 2.29. The number of rotatable bonds is 2. The van der Waals surface area contributed by atoms with Crippen molar-refractivity contribution in [3.63, 3.8) is 0 Å². The summed E-state index contributed by atoms with van der Waals surface area (Å²) in [6, 6.07) is 8.57. The molecule has 0 amide bonds. The van der Waals surface area contributed by atoms with E-state index in [2.05, 4.69) is 29.3 Å². The standard InChI is InChI=1S/C7H8N.CH3.Mg/c8-6-7-4-2-1-3-5-7;;/h1-2,4-5H,6,8H2;1H3;. The fourth-order valence-corrected chi connectivity index (χ4v) is 1.81. The minimum atomic E-state index is 0.00500. The summed E-state index contributed by atoms with van der Waals surface area (Å²) < 4.78 is 1.50. The second-order valence-corrected chi connectivity index (χ2v) is 3.90. The van der Waals surface area contributed by atoms with E-state index in [4.69, 9.17) is 5.73 Å². The molecule has 0 aliphatic heterocycles. The molecule has 0 spiro atoms. The van der Waals surface area contributed by atoms with Crippen LogP contribution in [-0.2, 0) is 6.54 Å². The van der Waals surface area contributed by atoms with Crippen LogP contribution < -0.4 is 9.43 Å². The molecule has 0 heterocycles. The van der Waals surface area contributed by atoms with Crippen LogP contribution in [0, 0.1) is 0 Å². The Hall–Kier alpha value is -0.0538. The van der Waals surface area contributed by atoms with Gasteiger partial charge in [-0.25, -0.2) is 0 Å². The Kier molecular flexibility index (Phi) is 3.19. The minimum absolute atomic E-state index is 0.00500. The van der Waals surface area contributed by atoms with Crippen molar-refractivity contribution in [1.29, 1.82) is 0 Å². The average molecular weight is 145 g/mol. The zero-order valence-electron chi connectivity index (χ0n) is 6.30. The number of hydrogen-bond acceptors (Lipinski definition) is 1. The maximum absolute atomic E-state index is 5.49. The molecular formula is C8H11MgN. The molecule has 0 radical (unpaired) electrons. The zero-order valence-corrected chi connectivity index (χ0v) is 7.72. The highest BCUT2D eigenvalue weighted by molar-refractivity contribution is 6.51. The van der Waals surface area contributed by atoms with Crippen LogP contribution in [0.2, 0.25) is 5.05 Å². The van der Waals surface area contributed by atoms with E-state index in [1.54, 1.807) is 0 Å². The van der Waals surface area contributed by atoms with Crippen molar-refractivity contribution < 1.29 is 0 Å². The Morgan fingerprint density at radius 3 is 2.90 bits per heavy atom. The van der Waals surface area contributed by atoms with Gasteiger partial charge in [-0.15, -0.1) is 5.05 Å².